The highest BCUT2D eigenvalue weighted by Crippen LogP contribution is 2.50. The Morgan fingerprint density at radius 3 is 2.20 bits per heavy atom. The molecule has 2 heterocycles. The summed E-state index contributed by atoms with van der Waals surface area (Å²) in [6, 6.07) is 0. The number of nitrogens with two attached hydrogens (primary N) is 1. The Labute approximate surface area is 234 Å². The van der Waals surface area contributed by atoms with Crippen LogP contribution in [0.25, 0.3) is 11.2 Å². The van der Waals surface area contributed by atoms with Crippen LogP contribution in [0.3, 0.4) is 0 Å². The van der Waals surface area contributed by atoms with E-state index < -0.39 is 61.1 Å². The van der Waals surface area contributed by atoms with E-state index in [0.717, 1.165) is 0 Å². The van der Waals surface area contributed by atoms with Crippen LogP contribution in [0.4, 0.5) is 5.82 Å². The van der Waals surface area contributed by atoms with Crippen molar-refractivity contribution in [1.29, 1.82) is 0 Å². The first-order valence-electron chi connectivity index (χ1n) is 13.1. The number of esters is 3. The van der Waals surface area contributed by atoms with Crippen LogP contribution in [0, 0.1) is 0 Å². The number of nitrogens with zero attached hydrogens (tertiary/aromatic N) is 4. The number of anilines is 1. The molecular weight excluding hydrogens is 543 g/mol. The Morgan fingerprint density at radius 1 is 1.05 bits per heavy atom. The minimum absolute atomic E-state index is 0.142. The number of ether oxygens (including phenoxy) is 4. The van der Waals surface area contributed by atoms with Gasteiger partial charge in [0.2, 0.25) is 5.66 Å². The van der Waals surface area contributed by atoms with Gasteiger partial charge < -0.3 is 33.8 Å². The fourth-order valence-corrected chi connectivity index (χ4v) is 6.35. The van der Waals surface area contributed by atoms with Gasteiger partial charge in [0.25, 0.3) is 0 Å². The van der Waals surface area contributed by atoms with Gasteiger partial charge in [-0.1, -0.05) is 6.92 Å². The third-order valence-electron chi connectivity index (χ3n) is 5.42. The molecule has 0 radical (unpaired) electrons. The van der Waals surface area contributed by atoms with E-state index in [9.17, 15) is 18.9 Å². The van der Waals surface area contributed by atoms with Crippen LogP contribution in [-0.2, 0) is 44.4 Å². The van der Waals surface area contributed by atoms with Gasteiger partial charge in [0.05, 0.1) is 37.8 Å². The molecule has 2 aromatic rings. The maximum Gasteiger partial charge on any atom is 0.329 e. The van der Waals surface area contributed by atoms with Crippen molar-refractivity contribution in [1.82, 2.24) is 24.6 Å². The van der Waals surface area contributed by atoms with Gasteiger partial charge in [-0.05, 0) is 54.9 Å². The lowest BCUT2D eigenvalue weighted by Gasteiger charge is -2.34. The number of fused-ring (bicyclic) bond motifs is 1. The van der Waals surface area contributed by atoms with Gasteiger partial charge in [0, 0.05) is 0 Å². The largest absolute Gasteiger partial charge is 0.464 e. The number of hydrogen-bond acceptors (Lipinski definition) is 12. The number of rotatable bonds is 15. The van der Waals surface area contributed by atoms with Gasteiger partial charge in [0.1, 0.15) is 23.7 Å². The zero-order chi connectivity index (χ0) is 30.3. The summed E-state index contributed by atoms with van der Waals surface area (Å²) >= 11 is 0. The molecule has 0 spiro atoms. The van der Waals surface area contributed by atoms with E-state index in [1.165, 1.54) is 26.5 Å². The zero-order valence-corrected chi connectivity index (χ0v) is 25.3. The Morgan fingerprint density at radius 2 is 1.65 bits per heavy atom. The average Bonchev–Trinajstić information content (AvgIpc) is 3.23. The summed E-state index contributed by atoms with van der Waals surface area (Å²) in [5.41, 5.74) is 3.30. The molecule has 15 heteroatoms. The molecule has 0 aliphatic rings. The molecule has 0 saturated heterocycles. The second-order valence-electron chi connectivity index (χ2n) is 10.5. The second kappa shape index (κ2) is 14.0. The molecule has 2 rings (SSSR count). The van der Waals surface area contributed by atoms with Crippen molar-refractivity contribution in [3.63, 3.8) is 0 Å². The Balaban J connectivity index is 2.41. The van der Waals surface area contributed by atoms with Crippen LogP contribution < -0.4 is 10.8 Å². The Bertz CT molecular complexity index is 1210. The van der Waals surface area contributed by atoms with Gasteiger partial charge in [-0.15, -0.1) is 0 Å². The number of aromatic nitrogens is 4. The fourth-order valence-electron chi connectivity index (χ4n) is 3.70. The highest BCUT2D eigenvalue weighted by Gasteiger charge is 2.51. The number of nitrogens with one attached hydrogen (secondary N) is 1. The molecule has 0 aromatic carbocycles. The number of nitrogen functional groups attached to an aromatic ring is 1. The molecule has 2 atom stereocenters. The van der Waals surface area contributed by atoms with Gasteiger partial charge in [-0.25, -0.2) is 20.0 Å². The van der Waals surface area contributed by atoms with Crippen LogP contribution in [0.15, 0.2) is 12.7 Å². The predicted molar refractivity (Wildman–Crippen MR) is 147 cm³/mol. The van der Waals surface area contributed by atoms with Crippen molar-refractivity contribution in [3.05, 3.63) is 12.7 Å². The monoisotopic (exact) mass is 584 g/mol. The van der Waals surface area contributed by atoms with Crippen LogP contribution in [0.2, 0.25) is 0 Å². The van der Waals surface area contributed by atoms with Crippen LogP contribution in [0.1, 0.15) is 61.8 Å². The SMILES string of the molecule is CCCOC(=O)C(C)(C)NP(=O)(CO[C@@H](C)Cn1cnc2c(N)ncnc21)C(C(=O)OC(C)C)C(=O)OC(C)C. The summed E-state index contributed by atoms with van der Waals surface area (Å²) in [5.74, 6) is -2.60. The second-order valence-corrected chi connectivity index (χ2v) is 13.1. The lowest BCUT2D eigenvalue weighted by molar-refractivity contribution is -0.158. The van der Waals surface area contributed by atoms with E-state index in [0.29, 0.717) is 17.6 Å². The predicted octanol–water partition coefficient (Wildman–Crippen LogP) is 2.64. The maximum absolute atomic E-state index is 14.6. The molecule has 1 unspecified atom stereocenters. The van der Waals surface area contributed by atoms with Crippen molar-refractivity contribution < 1.29 is 37.9 Å². The fraction of sp³-hybridized carbons (Fsp3) is 0.680. The zero-order valence-electron chi connectivity index (χ0n) is 24.4. The molecule has 224 valence electrons. The maximum atomic E-state index is 14.6. The molecule has 0 bridgehead atoms. The lowest BCUT2D eigenvalue weighted by atomic mass is 10.1. The summed E-state index contributed by atoms with van der Waals surface area (Å²) in [5, 5.41) is 2.74. The van der Waals surface area contributed by atoms with Crippen LogP contribution in [0.5, 0.6) is 0 Å². The highest BCUT2D eigenvalue weighted by molar-refractivity contribution is 7.64. The third-order valence-corrected chi connectivity index (χ3v) is 8.14. The number of carbonyl (C=O) groups excluding carboxylic acids is 3. The normalized spacial score (nSPS) is 14.4. The molecule has 0 fully saturated rings. The van der Waals surface area contributed by atoms with Crippen LogP contribution >= 0.6 is 7.29 Å². The number of carbonyl (C=O) groups is 3. The smallest absolute Gasteiger partial charge is 0.329 e. The van der Waals surface area contributed by atoms with Crippen LogP contribution in [-0.4, -0.2) is 79.9 Å². The van der Waals surface area contributed by atoms with Gasteiger partial charge in [0.15, 0.2) is 18.8 Å². The van der Waals surface area contributed by atoms with Crippen molar-refractivity contribution in [3.8, 4) is 0 Å². The average molecular weight is 585 g/mol. The van der Waals surface area contributed by atoms with E-state index in [-0.39, 0.29) is 19.0 Å². The Kier molecular flexibility index (Phi) is 11.6. The summed E-state index contributed by atoms with van der Waals surface area (Å²) in [6.07, 6.45) is 0.968. The Hall–Kier alpha value is -3.09. The first-order valence-corrected chi connectivity index (χ1v) is 15.1. The minimum atomic E-state index is -4.25. The quantitative estimate of drug-likeness (QED) is 0.135. The van der Waals surface area contributed by atoms with Gasteiger partial charge in [-0.2, -0.15) is 0 Å². The first kappa shape index (κ1) is 33.1. The number of imidazole rings is 1. The molecule has 0 amide bonds. The van der Waals surface area contributed by atoms with E-state index in [1.54, 1.807) is 39.2 Å². The highest BCUT2D eigenvalue weighted by atomic mass is 31.2. The van der Waals surface area contributed by atoms with Crippen molar-refractivity contribution in [2.75, 3.05) is 18.7 Å². The van der Waals surface area contributed by atoms with Crippen molar-refractivity contribution in [2.45, 2.75) is 97.9 Å². The van der Waals surface area contributed by atoms with E-state index >= 15 is 0 Å². The lowest BCUT2D eigenvalue weighted by Crippen LogP contribution is -2.51. The van der Waals surface area contributed by atoms with Crippen molar-refractivity contribution in [2.24, 2.45) is 0 Å². The minimum Gasteiger partial charge on any atom is -0.464 e. The molecule has 0 aliphatic heterocycles. The standard InChI is InChI=1S/C25H41N6O8P/c1-9-10-36-24(34)25(7,8)30-40(35,19(22(32)38-15(2)3)23(33)39-16(4)5)14-37-17(6)11-31-13-29-18-20(26)27-12-28-21(18)31/h12-13,15-17,19H,9-11,14H2,1-8H3,(H,30,35)(H2,26,27,28)/t17-,40?/m0/s1. The molecule has 2 aromatic heterocycles. The number of hydrogen-bond donors (Lipinski definition) is 2. The van der Waals surface area contributed by atoms with E-state index in [4.69, 9.17) is 24.7 Å². The summed E-state index contributed by atoms with van der Waals surface area (Å²) in [4.78, 5) is 51.5. The van der Waals surface area contributed by atoms with Gasteiger partial charge in [-0.3, -0.25) is 14.4 Å². The molecule has 40 heavy (non-hydrogen) atoms. The molecule has 3 N–H and O–H groups in total. The molecular formula is C25H41N6O8P. The summed E-state index contributed by atoms with van der Waals surface area (Å²) in [7, 11) is -4.25. The topological polar surface area (TPSA) is 187 Å². The van der Waals surface area contributed by atoms with E-state index in [2.05, 4.69) is 20.0 Å². The summed E-state index contributed by atoms with van der Waals surface area (Å²) in [6.45, 7) is 13.2. The molecule has 14 nitrogen and oxygen atoms in total. The van der Waals surface area contributed by atoms with E-state index in [1.807, 2.05) is 6.92 Å². The molecule has 0 saturated carbocycles. The van der Waals surface area contributed by atoms with Crippen molar-refractivity contribution >= 4 is 42.2 Å². The first-order chi connectivity index (χ1) is 18.6. The van der Waals surface area contributed by atoms with Gasteiger partial charge >= 0.3 is 17.9 Å². The molecule has 0 aliphatic carbocycles. The summed E-state index contributed by atoms with van der Waals surface area (Å²) < 4.78 is 38.1. The third kappa shape index (κ3) is 8.70.